The minimum Gasteiger partial charge on any atom is -0.497 e. The molecule has 1 heterocycles. The van der Waals surface area contributed by atoms with Gasteiger partial charge in [-0.1, -0.05) is 33.8 Å². The van der Waals surface area contributed by atoms with E-state index in [9.17, 15) is 9.18 Å². The van der Waals surface area contributed by atoms with Gasteiger partial charge in [-0.15, -0.1) is 0 Å². The van der Waals surface area contributed by atoms with Crippen LogP contribution < -0.4 is 10.1 Å². The normalized spacial score (nSPS) is 10.6. The molecule has 2 aromatic carbocycles. The molecule has 0 bridgehead atoms. The van der Waals surface area contributed by atoms with Gasteiger partial charge >= 0.3 is 0 Å². The van der Waals surface area contributed by atoms with E-state index in [1.54, 1.807) is 19.4 Å². The molecule has 0 aliphatic carbocycles. The summed E-state index contributed by atoms with van der Waals surface area (Å²) in [5.74, 6) is 0.0406. The molecule has 0 spiro atoms. The average Bonchev–Trinajstić information content (AvgIpc) is 3.11. The first kappa shape index (κ1) is 18.5. The van der Waals surface area contributed by atoms with Gasteiger partial charge in [0.25, 0.3) is 0 Å². The van der Waals surface area contributed by atoms with Crippen molar-refractivity contribution >= 4 is 39.3 Å². The summed E-state index contributed by atoms with van der Waals surface area (Å²) in [4.78, 5) is 16.4. The topological polar surface area (TPSA) is 56.2 Å². The summed E-state index contributed by atoms with van der Waals surface area (Å²) in [7, 11) is 1.61. The van der Waals surface area contributed by atoms with Crippen molar-refractivity contribution in [3.05, 3.63) is 65.1 Å². The number of nitrogens with one attached hydrogen (secondary N) is 1. The molecule has 1 aromatic heterocycles. The first-order valence-corrected chi connectivity index (χ1v) is 9.40. The number of halogens is 2. The van der Waals surface area contributed by atoms with Crippen LogP contribution in [0.15, 0.2) is 64.5 Å². The molecule has 0 unspecified atom stereocenters. The van der Waals surface area contributed by atoms with Crippen LogP contribution in [0.25, 0.3) is 5.69 Å². The van der Waals surface area contributed by atoms with Crippen LogP contribution in [0.2, 0.25) is 0 Å². The average molecular weight is 436 g/mol. The van der Waals surface area contributed by atoms with Gasteiger partial charge in [-0.25, -0.2) is 9.37 Å². The first-order valence-electron chi connectivity index (χ1n) is 7.62. The van der Waals surface area contributed by atoms with Crippen molar-refractivity contribution in [1.82, 2.24) is 9.55 Å². The first-order chi connectivity index (χ1) is 12.6. The van der Waals surface area contributed by atoms with Crippen LogP contribution in [-0.2, 0) is 4.79 Å². The summed E-state index contributed by atoms with van der Waals surface area (Å²) in [6.07, 6.45) is 3.47. The fourth-order valence-electron chi connectivity index (χ4n) is 2.26. The summed E-state index contributed by atoms with van der Waals surface area (Å²) in [5.41, 5.74) is 1.03. The second kappa shape index (κ2) is 8.37. The van der Waals surface area contributed by atoms with E-state index >= 15 is 0 Å². The lowest BCUT2D eigenvalue weighted by Crippen LogP contribution is -2.15. The maximum atomic E-state index is 13.8. The molecule has 3 aromatic rings. The van der Waals surface area contributed by atoms with Crippen molar-refractivity contribution in [2.75, 3.05) is 18.2 Å². The molecule has 0 fully saturated rings. The van der Waals surface area contributed by atoms with Crippen LogP contribution in [0, 0.1) is 5.82 Å². The van der Waals surface area contributed by atoms with E-state index in [0.717, 1.165) is 11.4 Å². The Morgan fingerprint density at radius 1 is 1.35 bits per heavy atom. The Bertz CT molecular complexity index is 932. The summed E-state index contributed by atoms with van der Waals surface area (Å²) < 4.78 is 21.5. The van der Waals surface area contributed by atoms with E-state index in [1.807, 2.05) is 35.0 Å². The van der Waals surface area contributed by atoms with Gasteiger partial charge in [0.1, 0.15) is 11.6 Å². The summed E-state index contributed by atoms with van der Waals surface area (Å²) in [6.45, 7) is 0. The SMILES string of the molecule is COc1cccc(-n2ccnc2SCC(=O)Nc2ccc(Br)cc2F)c1. The Hall–Kier alpha value is -2.32. The molecule has 0 saturated carbocycles. The van der Waals surface area contributed by atoms with Crippen LogP contribution in [0.4, 0.5) is 10.1 Å². The van der Waals surface area contributed by atoms with E-state index in [2.05, 4.69) is 26.2 Å². The second-order valence-corrected chi connectivity index (χ2v) is 7.10. The predicted octanol–water partition coefficient (Wildman–Crippen LogP) is 4.51. The van der Waals surface area contributed by atoms with Crippen molar-refractivity contribution < 1.29 is 13.9 Å². The van der Waals surface area contributed by atoms with Gasteiger partial charge in [0.05, 0.1) is 24.2 Å². The monoisotopic (exact) mass is 435 g/mol. The van der Waals surface area contributed by atoms with Crippen molar-refractivity contribution in [3.63, 3.8) is 0 Å². The van der Waals surface area contributed by atoms with E-state index < -0.39 is 5.82 Å². The number of nitrogens with zero attached hydrogens (tertiary/aromatic N) is 2. The number of carbonyl (C=O) groups is 1. The minimum absolute atomic E-state index is 0.108. The Morgan fingerprint density at radius 2 is 2.19 bits per heavy atom. The van der Waals surface area contributed by atoms with Crippen molar-refractivity contribution in [1.29, 1.82) is 0 Å². The highest BCUT2D eigenvalue weighted by atomic mass is 79.9. The van der Waals surface area contributed by atoms with Gasteiger partial charge in [-0.3, -0.25) is 9.36 Å². The number of thioether (sulfide) groups is 1. The minimum atomic E-state index is -0.490. The van der Waals surface area contributed by atoms with Crippen LogP contribution >= 0.6 is 27.7 Å². The molecule has 1 N–H and O–H groups in total. The van der Waals surface area contributed by atoms with Crippen molar-refractivity contribution in [2.45, 2.75) is 5.16 Å². The molecule has 134 valence electrons. The second-order valence-electron chi connectivity index (χ2n) is 5.24. The Kier molecular flexibility index (Phi) is 5.95. The number of ether oxygens (including phenoxy) is 1. The highest BCUT2D eigenvalue weighted by Crippen LogP contribution is 2.24. The third kappa shape index (κ3) is 4.44. The quantitative estimate of drug-likeness (QED) is 0.578. The molecule has 3 rings (SSSR count). The number of imidazole rings is 1. The fourth-order valence-corrected chi connectivity index (χ4v) is 3.37. The third-order valence-corrected chi connectivity index (χ3v) is 4.94. The number of rotatable bonds is 6. The number of methoxy groups -OCH3 is 1. The number of hydrogen-bond donors (Lipinski definition) is 1. The maximum absolute atomic E-state index is 13.8. The number of amides is 1. The fraction of sp³-hybridized carbons (Fsp3) is 0.111. The maximum Gasteiger partial charge on any atom is 0.234 e. The molecule has 26 heavy (non-hydrogen) atoms. The molecule has 8 heteroatoms. The van der Waals surface area contributed by atoms with Gasteiger partial charge in [0, 0.05) is 22.9 Å². The molecule has 0 aliphatic rings. The smallest absolute Gasteiger partial charge is 0.234 e. The van der Waals surface area contributed by atoms with Crippen LogP contribution in [0.1, 0.15) is 0 Å². The highest BCUT2D eigenvalue weighted by Gasteiger charge is 2.11. The van der Waals surface area contributed by atoms with E-state index in [4.69, 9.17) is 4.74 Å². The molecule has 1 amide bonds. The molecular formula is C18H15BrFN3O2S. The number of carbonyl (C=O) groups excluding carboxylic acids is 1. The molecular weight excluding hydrogens is 421 g/mol. The summed E-state index contributed by atoms with van der Waals surface area (Å²) in [5, 5.41) is 3.22. The zero-order valence-corrected chi connectivity index (χ0v) is 16.2. The van der Waals surface area contributed by atoms with Crippen LogP contribution in [0.3, 0.4) is 0 Å². The largest absolute Gasteiger partial charge is 0.497 e. The number of aromatic nitrogens is 2. The van der Waals surface area contributed by atoms with E-state index in [-0.39, 0.29) is 17.3 Å². The van der Waals surface area contributed by atoms with Gasteiger partial charge in [0.2, 0.25) is 5.91 Å². The predicted molar refractivity (Wildman–Crippen MR) is 104 cm³/mol. The number of benzene rings is 2. The third-order valence-electron chi connectivity index (χ3n) is 3.48. The lowest BCUT2D eigenvalue weighted by Gasteiger charge is -2.09. The standard InChI is InChI=1S/C18H15BrFN3O2S/c1-25-14-4-2-3-13(10-14)23-8-7-21-18(23)26-11-17(24)22-16-6-5-12(19)9-15(16)20/h2-10H,11H2,1H3,(H,22,24). The van der Waals surface area contributed by atoms with Crippen LogP contribution in [0.5, 0.6) is 5.75 Å². The Labute approximate surface area is 162 Å². The lowest BCUT2D eigenvalue weighted by atomic mass is 10.3. The molecule has 0 saturated heterocycles. The highest BCUT2D eigenvalue weighted by molar-refractivity contribution is 9.10. The number of hydrogen-bond acceptors (Lipinski definition) is 4. The number of anilines is 1. The van der Waals surface area contributed by atoms with Gasteiger partial charge < -0.3 is 10.1 Å². The van der Waals surface area contributed by atoms with Crippen molar-refractivity contribution in [3.8, 4) is 11.4 Å². The zero-order valence-electron chi connectivity index (χ0n) is 13.8. The summed E-state index contributed by atoms with van der Waals surface area (Å²) in [6, 6.07) is 12.0. The Balaban J connectivity index is 1.67. The molecule has 5 nitrogen and oxygen atoms in total. The van der Waals surface area contributed by atoms with Gasteiger partial charge in [-0.2, -0.15) is 0 Å². The molecule has 0 atom stereocenters. The van der Waals surface area contributed by atoms with Gasteiger partial charge in [-0.05, 0) is 30.3 Å². The zero-order chi connectivity index (χ0) is 18.5. The lowest BCUT2D eigenvalue weighted by molar-refractivity contribution is -0.113. The van der Waals surface area contributed by atoms with Gasteiger partial charge in [0.15, 0.2) is 5.16 Å². The molecule has 0 radical (unpaired) electrons. The Morgan fingerprint density at radius 3 is 2.96 bits per heavy atom. The van der Waals surface area contributed by atoms with E-state index in [1.165, 1.54) is 23.9 Å². The van der Waals surface area contributed by atoms with Crippen LogP contribution in [-0.4, -0.2) is 28.3 Å². The molecule has 0 aliphatic heterocycles. The summed E-state index contributed by atoms with van der Waals surface area (Å²) >= 11 is 4.45. The van der Waals surface area contributed by atoms with E-state index in [0.29, 0.717) is 9.63 Å². The van der Waals surface area contributed by atoms with Crippen molar-refractivity contribution in [2.24, 2.45) is 0 Å².